The first-order valence-electron chi connectivity index (χ1n) is 16.4. The van der Waals surface area contributed by atoms with Gasteiger partial charge >= 0.3 is 0 Å². The number of para-hydroxylation sites is 1. The summed E-state index contributed by atoms with van der Waals surface area (Å²) in [6, 6.07) is 40.5. The molecule has 0 spiro atoms. The molecule has 1 atom stereocenters. The van der Waals surface area contributed by atoms with Crippen LogP contribution in [0.4, 0.5) is 0 Å². The first kappa shape index (κ1) is 32.3. The van der Waals surface area contributed by atoms with Gasteiger partial charge in [0.1, 0.15) is 5.82 Å². The molecule has 0 bridgehead atoms. The van der Waals surface area contributed by atoms with E-state index in [1.807, 2.05) is 107 Å². The number of piperazine rings is 1. The molecule has 5 aromatic rings. The second-order valence-corrected chi connectivity index (χ2v) is 13.1. The third kappa shape index (κ3) is 8.00. The van der Waals surface area contributed by atoms with Gasteiger partial charge in [0, 0.05) is 50.0 Å². The van der Waals surface area contributed by atoms with Crippen LogP contribution in [0.1, 0.15) is 54.6 Å². The van der Waals surface area contributed by atoms with Gasteiger partial charge in [-0.3, -0.25) is 14.2 Å². The van der Waals surface area contributed by atoms with Crippen LogP contribution in [0.15, 0.2) is 126 Å². The van der Waals surface area contributed by atoms with E-state index < -0.39 is 0 Å². The van der Waals surface area contributed by atoms with Gasteiger partial charge in [-0.05, 0) is 48.6 Å². The Morgan fingerprint density at radius 1 is 0.766 bits per heavy atom. The van der Waals surface area contributed by atoms with Crippen LogP contribution in [0.25, 0.3) is 5.69 Å². The highest BCUT2D eigenvalue weighted by molar-refractivity contribution is 7.99. The van der Waals surface area contributed by atoms with Crippen molar-refractivity contribution < 1.29 is 9.59 Å². The third-order valence-corrected chi connectivity index (χ3v) is 9.73. The van der Waals surface area contributed by atoms with Crippen molar-refractivity contribution in [3.05, 3.63) is 144 Å². The molecule has 2 heterocycles. The van der Waals surface area contributed by atoms with Gasteiger partial charge in [-0.25, -0.2) is 0 Å². The highest BCUT2D eigenvalue weighted by Crippen LogP contribution is 2.29. The van der Waals surface area contributed by atoms with Crippen LogP contribution in [0.2, 0.25) is 0 Å². The summed E-state index contributed by atoms with van der Waals surface area (Å²) in [7, 11) is 0. The summed E-state index contributed by atoms with van der Waals surface area (Å²) in [5, 5.41) is 9.96. The van der Waals surface area contributed by atoms with E-state index in [-0.39, 0.29) is 23.8 Å². The van der Waals surface area contributed by atoms with Crippen LogP contribution < -0.4 is 0 Å². The maximum atomic E-state index is 14.0. The van der Waals surface area contributed by atoms with Gasteiger partial charge in [0.25, 0.3) is 0 Å². The van der Waals surface area contributed by atoms with Gasteiger partial charge in [0.15, 0.2) is 5.16 Å². The van der Waals surface area contributed by atoms with Crippen LogP contribution >= 0.6 is 11.8 Å². The zero-order valence-electron chi connectivity index (χ0n) is 26.8. The Hall–Kier alpha value is -4.69. The second kappa shape index (κ2) is 15.7. The Balaban J connectivity index is 1.01. The van der Waals surface area contributed by atoms with Crippen molar-refractivity contribution in [1.82, 2.24) is 24.6 Å². The molecule has 0 radical (unpaired) electrons. The van der Waals surface area contributed by atoms with E-state index in [2.05, 4.69) is 46.0 Å². The first-order chi connectivity index (χ1) is 23.1. The summed E-state index contributed by atoms with van der Waals surface area (Å²) >= 11 is 1.68. The molecular weight excluding hydrogens is 603 g/mol. The molecule has 7 nitrogen and oxygen atoms in total. The molecule has 1 unspecified atom stereocenters. The molecule has 240 valence electrons. The fraction of sp³-hybridized carbons (Fsp3) is 0.282. The van der Waals surface area contributed by atoms with Crippen molar-refractivity contribution in [3.63, 3.8) is 0 Å². The van der Waals surface area contributed by atoms with E-state index in [1.54, 1.807) is 11.8 Å². The Labute approximate surface area is 281 Å². The Kier molecular flexibility index (Phi) is 10.8. The SMILES string of the molecule is CC1CN(C(=O)CCCCSc2nnc(Cc3ccccc3)n2-c2ccccc2)CCN1C(=O)C(c1ccccc1)c1ccccc1. The Morgan fingerprint density at radius 3 is 1.98 bits per heavy atom. The monoisotopic (exact) mass is 643 g/mol. The van der Waals surface area contributed by atoms with Gasteiger partial charge in [0.2, 0.25) is 11.8 Å². The number of nitrogens with zero attached hydrogens (tertiary/aromatic N) is 5. The zero-order valence-corrected chi connectivity index (χ0v) is 27.6. The Morgan fingerprint density at radius 2 is 1.36 bits per heavy atom. The lowest BCUT2D eigenvalue weighted by molar-refractivity contribution is -0.143. The fourth-order valence-electron chi connectivity index (χ4n) is 6.27. The van der Waals surface area contributed by atoms with Crippen molar-refractivity contribution >= 4 is 23.6 Å². The number of unbranched alkanes of at least 4 members (excludes halogenated alkanes) is 1. The minimum atomic E-state index is -0.360. The van der Waals surface area contributed by atoms with Crippen LogP contribution in [0.5, 0.6) is 0 Å². The van der Waals surface area contributed by atoms with E-state index in [4.69, 9.17) is 0 Å². The van der Waals surface area contributed by atoms with E-state index in [1.165, 1.54) is 5.56 Å². The second-order valence-electron chi connectivity index (χ2n) is 12.0. The number of amides is 2. The number of carbonyl (C=O) groups excluding carboxylic acids is 2. The van der Waals surface area contributed by atoms with Gasteiger partial charge in [-0.1, -0.05) is 121 Å². The Bertz CT molecular complexity index is 1690. The predicted octanol–water partition coefficient (Wildman–Crippen LogP) is 7.01. The zero-order chi connectivity index (χ0) is 32.4. The lowest BCUT2D eigenvalue weighted by atomic mass is 9.89. The minimum absolute atomic E-state index is 0.0555. The standard InChI is InChI=1S/C39H41N5O2S/c1-30-29-42(25-26-43(30)38(46)37(32-18-8-3-9-19-32)33-20-10-4-11-21-33)36(45)24-14-15-27-47-39-41-40-35(28-31-16-6-2-7-17-31)44(39)34-22-12-5-13-23-34/h2-13,16-23,30,37H,14-15,24-29H2,1H3. The number of carbonyl (C=O) groups is 2. The summed E-state index contributed by atoms with van der Waals surface area (Å²) in [5.41, 5.74) is 4.22. The maximum absolute atomic E-state index is 14.0. The number of aromatic nitrogens is 3. The highest BCUT2D eigenvalue weighted by atomic mass is 32.2. The number of benzene rings is 4. The number of hydrogen-bond donors (Lipinski definition) is 0. The molecule has 1 aromatic heterocycles. The lowest BCUT2D eigenvalue weighted by Crippen LogP contribution is -2.56. The molecule has 1 aliphatic rings. The first-order valence-corrected chi connectivity index (χ1v) is 17.4. The van der Waals surface area contributed by atoms with E-state index >= 15 is 0 Å². The van der Waals surface area contributed by atoms with Gasteiger partial charge in [-0.15, -0.1) is 10.2 Å². The molecule has 1 fully saturated rings. The topological polar surface area (TPSA) is 71.3 Å². The number of thioether (sulfide) groups is 1. The van der Waals surface area contributed by atoms with Crippen molar-refractivity contribution in [2.45, 2.75) is 49.7 Å². The molecule has 1 saturated heterocycles. The van der Waals surface area contributed by atoms with Crippen LogP contribution in [0, 0.1) is 0 Å². The minimum Gasteiger partial charge on any atom is -0.339 e. The highest BCUT2D eigenvalue weighted by Gasteiger charge is 2.34. The molecule has 47 heavy (non-hydrogen) atoms. The molecular formula is C39H41N5O2S. The lowest BCUT2D eigenvalue weighted by Gasteiger charge is -2.41. The third-order valence-electron chi connectivity index (χ3n) is 8.71. The quantitative estimate of drug-likeness (QED) is 0.108. The van der Waals surface area contributed by atoms with Crippen LogP contribution in [0.3, 0.4) is 0 Å². The van der Waals surface area contributed by atoms with Gasteiger partial charge in [0.05, 0.1) is 5.92 Å². The maximum Gasteiger partial charge on any atom is 0.234 e. The summed E-state index contributed by atoms with van der Waals surface area (Å²) in [6.45, 7) is 3.71. The average molecular weight is 644 g/mol. The number of hydrogen-bond acceptors (Lipinski definition) is 5. The van der Waals surface area contributed by atoms with E-state index in [0.29, 0.717) is 32.5 Å². The molecule has 4 aromatic carbocycles. The molecule has 0 N–H and O–H groups in total. The fourth-order valence-corrected chi connectivity index (χ4v) is 7.24. The van der Waals surface area contributed by atoms with Crippen molar-refractivity contribution in [2.75, 3.05) is 25.4 Å². The van der Waals surface area contributed by atoms with Gasteiger partial charge in [-0.2, -0.15) is 0 Å². The molecule has 1 aliphatic heterocycles. The van der Waals surface area contributed by atoms with Crippen LogP contribution in [-0.2, 0) is 16.0 Å². The largest absolute Gasteiger partial charge is 0.339 e. The summed E-state index contributed by atoms with van der Waals surface area (Å²) in [4.78, 5) is 31.1. The average Bonchev–Trinajstić information content (AvgIpc) is 3.51. The molecule has 8 heteroatoms. The summed E-state index contributed by atoms with van der Waals surface area (Å²) in [6.07, 6.45) is 2.91. The van der Waals surface area contributed by atoms with Crippen molar-refractivity contribution in [3.8, 4) is 5.69 Å². The predicted molar refractivity (Wildman–Crippen MR) is 188 cm³/mol. The summed E-state index contributed by atoms with van der Waals surface area (Å²) < 4.78 is 2.14. The van der Waals surface area contributed by atoms with Gasteiger partial charge < -0.3 is 9.80 Å². The normalized spacial score (nSPS) is 14.8. The molecule has 2 amide bonds. The molecule has 0 saturated carbocycles. The molecule has 6 rings (SSSR count). The van der Waals surface area contributed by atoms with Crippen molar-refractivity contribution in [1.29, 1.82) is 0 Å². The summed E-state index contributed by atoms with van der Waals surface area (Å²) in [5.74, 6) is 1.65. The van der Waals surface area contributed by atoms with E-state index in [0.717, 1.165) is 46.4 Å². The van der Waals surface area contributed by atoms with Crippen molar-refractivity contribution in [2.24, 2.45) is 0 Å². The number of rotatable bonds is 12. The van der Waals surface area contributed by atoms with E-state index in [9.17, 15) is 9.59 Å². The van der Waals surface area contributed by atoms with Crippen LogP contribution in [-0.4, -0.2) is 67.8 Å². The smallest absolute Gasteiger partial charge is 0.234 e. The molecule has 0 aliphatic carbocycles.